The maximum Gasteiger partial charge on any atom is 0.329 e. The van der Waals surface area contributed by atoms with Crippen LogP contribution in [0.25, 0.3) is 0 Å². The largest absolute Gasteiger partial charge is 0.451 e. The fourth-order valence-electron chi connectivity index (χ4n) is 1.97. The van der Waals surface area contributed by atoms with Crippen molar-refractivity contribution >= 4 is 29.1 Å². The summed E-state index contributed by atoms with van der Waals surface area (Å²) in [5.41, 5.74) is 0. The lowest BCUT2D eigenvalue weighted by Crippen LogP contribution is -2.47. The number of hydrogen-bond donors (Lipinski definition) is 2. The quantitative estimate of drug-likeness (QED) is 0.741. The number of carbonyl (C=O) groups is 3. The monoisotopic (exact) mass is 338 g/mol. The van der Waals surface area contributed by atoms with E-state index in [0.29, 0.717) is 4.88 Å². The van der Waals surface area contributed by atoms with Gasteiger partial charge in [-0.3, -0.25) is 9.59 Å². The Bertz CT molecular complexity index is 567. The van der Waals surface area contributed by atoms with Crippen LogP contribution in [0.4, 0.5) is 0 Å². The average Bonchev–Trinajstić information content (AvgIpc) is 3.13. The van der Waals surface area contributed by atoms with E-state index in [1.54, 1.807) is 17.5 Å². The fraction of sp³-hybridized carbons (Fsp3) is 0.562. The highest BCUT2D eigenvalue weighted by atomic mass is 32.1. The number of esters is 1. The molecule has 1 heterocycles. The van der Waals surface area contributed by atoms with Gasteiger partial charge in [-0.25, -0.2) is 4.79 Å². The third-order valence-corrected chi connectivity index (χ3v) is 4.41. The molecule has 0 spiro atoms. The second-order valence-electron chi connectivity index (χ2n) is 6.03. The first-order valence-corrected chi connectivity index (χ1v) is 8.61. The molecule has 23 heavy (non-hydrogen) atoms. The van der Waals surface area contributed by atoms with Crippen molar-refractivity contribution in [3.63, 3.8) is 0 Å². The third kappa shape index (κ3) is 5.06. The minimum Gasteiger partial charge on any atom is -0.451 e. The molecule has 2 amide bonds. The molecule has 0 radical (unpaired) electrons. The van der Waals surface area contributed by atoms with E-state index in [4.69, 9.17) is 4.74 Å². The molecule has 1 aromatic heterocycles. The van der Waals surface area contributed by atoms with Gasteiger partial charge in [-0.1, -0.05) is 19.9 Å². The van der Waals surface area contributed by atoms with Crippen molar-refractivity contribution in [3.8, 4) is 0 Å². The molecule has 1 aromatic rings. The third-order valence-electron chi connectivity index (χ3n) is 3.54. The van der Waals surface area contributed by atoms with Gasteiger partial charge in [-0.2, -0.15) is 0 Å². The zero-order chi connectivity index (χ0) is 17.0. The predicted octanol–water partition coefficient (Wildman–Crippen LogP) is 1.71. The summed E-state index contributed by atoms with van der Waals surface area (Å²) in [7, 11) is 0. The number of amides is 2. The smallest absolute Gasteiger partial charge is 0.329 e. The summed E-state index contributed by atoms with van der Waals surface area (Å²) in [4.78, 5) is 36.8. The predicted molar refractivity (Wildman–Crippen MR) is 87.1 cm³/mol. The van der Waals surface area contributed by atoms with E-state index in [9.17, 15) is 14.4 Å². The van der Waals surface area contributed by atoms with Crippen molar-refractivity contribution in [2.75, 3.05) is 0 Å². The van der Waals surface area contributed by atoms with Crippen LogP contribution in [0.1, 0.15) is 43.3 Å². The van der Waals surface area contributed by atoms with Gasteiger partial charge in [0.05, 0.1) is 4.88 Å². The number of carbonyl (C=O) groups excluding carboxylic acids is 3. The van der Waals surface area contributed by atoms with Crippen LogP contribution < -0.4 is 10.6 Å². The van der Waals surface area contributed by atoms with Crippen molar-refractivity contribution in [1.82, 2.24) is 10.6 Å². The van der Waals surface area contributed by atoms with E-state index in [2.05, 4.69) is 10.6 Å². The van der Waals surface area contributed by atoms with E-state index in [1.165, 1.54) is 18.3 Å². The maximum atomic E-state index is 12.3. The summed E-state index contributed by atoms with van der Waals surface area (Å²) in [6.07, 6.45) is 1.07. The summed E-state index contributed by atoms with van der Waals surface area (Å²) in [5.74, 6) is -1.35. The minimum absolute atomic E-state index is 0.148. The van der Waals surface area contributed by atoms with Crippen molar-refractivity contribution in [3.05, 3.63) is 22.4 Å². The molecule has 1 aliphatic rings. The molecule has 1 saturated carbocycles. The van der Waals surface area contributed by atoms with E-state index in [0.717, 1.165) is 12.8 Å². The Labute approximate surface area is 139 Å². The Morgan fingerprint density at radius 1 is 1.26 bits per heavy atom. The standard InChI is InChI=1S/C16H22N2O4S/c1-9(2)13(18-15(20)12-5-4-8-23-12)16(21)22-10(3)14(19)17-11-6-7-11/h4-5,8-11,13H,6-7H2,1-3H3,(H,17,19)(H,18,20)/t10-,13-/m1/s1. The van der Waals surface area contributed by atoms with Gasteiger partial charge < -0.3 is 15.4 Å². The summed E-state index contributed by atoms with van der Waals surface area (Å²) in [5, 5.41) is 7.26. The van der Waals surface area contributed by atoms with Crippen LogP contribution in [-0.2, 0) is 14.3 Å². The van der Waals surface area contributed by atoms with Gasteiger partial charge in [0.15, 0.2) is 6.10 Å². The second kappa shape index (κ2) is 7.59. The van der Waals surface area contributed by atoms with Crippen LogP contribution in [0.3, 0.4) is 0 Å². The number of hydrogen-bond acceptors (Lipinski definition) is 5. The summed E-state index contributed by atoms with van der Waals surface area (Å²) in [6.45, 7) is 5.17. The zero-order valence-electron chi connectivity index (χ0n) is 13.5. The molecule has 7 heteroatoms. The Hall–Kier alpha value is -1.89. The highest BCUT2D eigenvalue weighted by Crippen LogP contribution is 2.19. The van der Waals surface area contributed by atoms with E-state index < -0.39 is 18.1 Å². The van der Waals surface area contributed by atoms with Crippen LogP contribution in [-0.4, -0.2) is 36.0 Å². The molecule has 0 unspecified atom stereocenters. The molecular formula is C16H22N2O4S. The van der Waals surface area contributed by atoms with Crippen LogP contribution in [0.5, 0.6) is 0 Å². The van der Waals surface area contributed by atoms with E-state index in [1.807, 2.05) is 13.8 Å². The Balaban J connectivity index is 1.92. The highest BCUT2D eigenvalue weighted by molar-refractivity contribution is 7.12. The van der Waals surface area contributed by atoms with Gasteiger partial charge in [0.25, 0.3) is 11.8 Å². The van der Waals surface area contributed by atoms with Crippen LogP contribution in [0.15, 0.2) is 17.5 Å². The average molecular weight is 338 g/mol. The number of ether oxygens (including phenoxy) is 1. The maximum absolute atomic E-state index is 12.3. The van der Waals surface area contributed by atoms with Crippen LogP contribution in [0.2, 0.25) is 0 Å². The van der Waals surface area contributed by atoms with Gasteiger partial charge in [0, 0.05) is 6.04 Å². The van der Waals surface area contributed by atoms with Crippen molar-refractivity contribution in [2.45, 2.75) is 51.8 Å². The normalized spacial score (nSPS) is 16.5. The molecule has 0 aliphatic heterocycles. The number of thiophene rings is 1. The van der Waals surface area contributed by atoms with Crippen LogP contribution in [0, 0.1) is 5.92 Å². The molecule has 126 valence electrons. The molecule has 0 saturated heterocycles. The SMILES string of the molecule is CC(C)[C@@H](NC(=O)c1cccs1)C(=O)O[C@H](C)C(=O)NC1CC1. The summed E-state index contributed by atoms with van der Waals surface area (Å²) in [6, 6.07) is 2.88. The summed E-state index contributed by atoms with van der Waals surface area (Å²) >= 11 is 1.30. The molecule has 6 nitrogen and oxygen atoms in total. The lowest BCUT2D eigenvalue weighted by Gasteiger charge is -2.22. The fourth-order valence-corrected chi connectivity index (χ4v) is 2.59. The first-order chi connectivity index (χ1) is 10.9. The van der Waals surface area contributed by atoms with E-state index in [-0.39, 0.29) is 23.8 Å². The first kappa shape index (κ1) is 17.5. The molecular weight excluding hydrogens is 316 g/mol. The lowest BCUT2D eigenvalue weighted by molar-refractivity contribution is -0.157. The summed E-state index contributed by atoms with van der Waals surface area (Å²) < 4.78 is 5.22. The first-order valence-electron chi connectivity index (χ1n) is 7.73. The van der Waals surface area contributed by atoms with E-state index >= 15 is 0 Å². The second-order valence-corrected chi connectivity index (χ2v) is 6.98. The topological polar surface area (TPSA) is 84.5 Å². The molecule has 0 aromatic carbocycles. The molecule has 2 rings (SSSR count). The van der Waals surface area contributed by atoms with Gasteiger partial charge >= 0.3 is 5.97 Å². The molecule has 2 atom stereocenters. The number of rotatable bonds is 7. The Kier molecular flexibility index (Phi) is 5.76. The molecule has 0 bridgehead atoms. The Morgan fingerprint density at radius 3 is 2.48 bits per heavy atom. The highest BCUT2D eigenvalue weighted by Gasteiger charge is 2.31. The minimum atomic E-state index is -0.872. The zero-order valence-corrected chi connectivity index (χ0v) is 14.3. The van der Waals surface area contributed by atoms with Gasteiger partial charge in [0.2, 0.25) is 0 Å². The van der Waals surface area contributed by atoms with Crippen molar-refractivity contribution in [2.24, 2.45) is 5.92 Å². The lowest BCUT2D eigenvalue weighted by atomic mass is 10.0. The Morgan fingerprint density at radius 2 is 1.96 bits per heavy atom. The molecule has 1 aliphatic carbocycles. The van der Waals surface area contributed by atoms with Crippen molar-refractivity contribution < 1.29 is 19.1 Å². The molecule has 1 fully saturated rings. The van der Waals surface area contributed by atoms with Gasteiger partial charge in [-0.05, 0) is 37.1 Å². The number of nitrogens with one attached hydrogen (secondary N) is 2. The van der Waals surface area contributed by atoms with Crippen LogP contribution >= 0.6 is 11.3 Å². The molecule has 2 N–H and O–H groups in total. The van der Waals surface area contributed by atoms with Gasteiger partial charge in [-0.15, -0.1) is 11.3 Å². The van der Waals surface area contributed by atoms with Crippen molar-refractivity contribution in [1.29, 1.82) is 0 Å². The van der Waals surface area contributed by atoms with Gasteiger partial charge in [0.1, 0.15) is 6.04 Å².